The quantitative estimate of drug-likeness (QED) is 0.581. The van der Waals surface area contributed by atoms with Crippen molar-refractivity contribution in [1.82, 2.24) is 9.62 Å². The standard InChI is InChI=1S/C6H16N2O2S/c1-8-4-3-6(5-8)7-11(2,9)10/h6-7,9-10H,3-5H2,1-2H3. The Morgan fingerprint density at radius 2 is 2.18 bits per heavy atom. The first-order valence-electron chi connectivity index (χ1n) is 3.66. The molecule has 68 valence electrons. The summed E-state index contributed by atoms with van der Waals surface area (Å²) in [4.78, 5) is 2.17. The normalized spacial score (nSPS) is 29.3. The maximum absolute atomic E-state index is 9.07. The molecule has 0 aromatic rings. The summed E-state index contributed by atoms with van der Waals surface area (Å²) in [5.41, 5.74) is 0. The summed E-state index contributed by atoms with van der Waals surface area (Å²) in [5, 5.41) is 0. The van der Waals surface area contributed by atoms with Crippen LogP contribution in [0.3, 0.4) is 0 Å². The highest BCUT2D eigenvalue weighted by Crippen LogP contribution is 2.29. The van der Waals surface area contributed by atoms with Crippen LogP contribution >= 0.6 is 10.8 Å². The molecule has 1 aliphatic heterocycles. The van der Waals surface area contributed by atoms with Crippen LogP contribution in [0.1, 0.15) is 6.42 Å². The maximum atomic E-state index is 9.07. The van der Waals surface area contributed by atoms with E-state index >= 15 is 0 Å². The number of nitrogens with zero attached hydrogens (tertiary/aromatic N) is 1. The number of hydrogen-bond acceptors (Lipinski definition) is 4. The van der Waals surface area contributed by atoms with Crippen LogP contribution in [-0.4, -0.2) is 46.4 Å². The lowest BCUT2D eigenvalue weighted by molar-refractivity contribution is 0.402. The average Bonchev–Trinajstić information content (AvgIpc) is 2.10. The summed E-state index contributed by atoms with van der Waals surface area (Å²) in [7, 11) is -0.477. The Bertz CT molecular complexity index is 137. The van der Waals surface area contributed by atoms with Gasteiger partial charge in [0.15, 0.2) is 0 Å². The summed E-state index contributed by atoms with van der Waals surface area (Å²) in [6, 6.07) is 0.245. The van der Waals surface area contributed by atoms with E-state index in [9.17, 15) is 0 Å². The largest absolute Gasteiger partial charge is 0.305 e. The van der Waals surface area contributed by atoms with Gasteiger partial charge in [-0.2, -0.15) is 0 Å². The molecule has 1 heterocycles. The van der Waals surface area contributed by atoms with Crippen molar-refractivity contribution in [2.45, 2.75) is 12.5 Å². The van der Waals surface area contributed by atoms with Crippen LogP contribution < -0.4 is 4.72 Å². The Morgan fingerprint density at radius 1 is 1.55 bits per heavy atom. The van der Waals surface area contributed by atoms with E-state index in [0.29, 0.717) is 0 Å². The zero-order chi connectivity index (χ0) is 8.48. The van der Waals surface area contributed by atoms with E-state index in [1.54, 1.807) is 0 Å². The summed E-state index contributed by atoms with van der Waals surface area (Å²) in [6.45, 7) is 1.94. The summed E-state index contributed by atoms with van der Waals surface area (Å²) >= 11 is 0. The van der Waals surface area contributed by atoms with Crippen molar-refractivity contribution in [3.8, 4) is 0 Å². The molecule has 0 saturated carbocycles. The zero-order valence-electron chi connectivity index (χ0n) is 6.95. The molecule has 0 aliphatic carbocycles. The minimum atomic E-state index is -2.51. The third-order valence-corrected chi connectivity index (χ3v) is 2.56. The lowest BCUT2D eigenvalue weighted by Crippen LogP contribution is -2.33. The molecule has 1 atom stereocenters. The molecule has 5 heteroatoms. The van der Waals surface area contributed by atoms with E-state index < -0.39 is 10.8 Å². The molecule has 0 aromatic heterocycles. The fraction of sp³-hybridized carbons (Fsp3) is 1.00. The molecule has 0 radical (unpaired) electrons. The number of likely N-dealkylation sites (N-methyl/N-ethyl adjacent to an activating group) is 1. The van der Waals surface area contributed by atoms with Crippen LogP contribution in [0, 0.1) is 0 Å². The van der Waals surface area contributed by atoms with Gasteiger partial charge in [0, 0.05) is 18.8 Å². The molecule has 11 heavy (non-hydrogen) atoms. The topological polar surface area (TPSA) is 55.7 Å². The molecule has 1 rings (SSSR count). The van der Waals surface area contributed by atoms with Gasteiger partial charge in [-0.05, 0) is 20.0 Å². The zero-order valence-corrected chi connectivity index (χ0v) is 7.77. The van der Waals surface area contributed by atoms with Gasteiger partial charge in [0.25, 0.3) is 0 Å². The molecule has 1 fully saturated rings. The third-order valence-electron chi connectivity index (χ3n) is 1.78. The second kappa shape index (κ2) is 3.28. The smallest absolute Gasteiger partial charge is 0.0416 e. The molecule has 0 bridgehead atoms. The van der Waals surface area contributed by atoms with Crippen LogP contribution in [0.15, 0.2) is 0 Å². The first-order valence-corrected chi connectivity index (χ1v) is 5.62. The van der Waals surface area contributed by atoms with E-state index in [1.165, 1.54) is 6.26 Å². The Balaban J connectivity index is 2.29. The van der Waals surface area contributed by atoms with E-state index in [2.05, 4.69) is 9.62 Å². The number of hydrogen-bond donors (Lipinski definition) is 3. The number of rotatable bonds is 2. The fourth-order valence-electron chi connectivity index (χ4n) is 1.35. The van der Waals surface area contributed by atoms with Gasteiger partial charge in [0.2, 0.25) is 0 Å². The SMILES string of the molecule is CN1CCC(NS(C)(O)O)C1. The van der Waals surface area contributed by atoms with Crippen LogP contribution in [0.2, 0.25) is 0 Å². The summed E-state index contributed by atoms with van der Waals surface area (Å²) in [6.07, 6.45) is 2.42. The summed E-state index contributed by atoms with van der Waals surface area (Å²) in [5.74, 6) is 0. The van der Waals surface area contributed by atoms with E-state index in [4.69, 9.17) is 9.11 Å². The van der Waals surface area contributed by atoms with Crippen molar-refractivity contribution in [2.24, 2.45) is 0 Å². The molecule has 1 saturated heterocycles. The van der Waals surface area contributed by atoms with Crippen LogP contribution in [0.25, 0.3) is 0 Å². The lowest BCUT2D eigenvalue weighted by Gasteiger charge is -2.31. The minimum absolute atomic E-state index is 0.245. The molecule has 0 spiro atoms. The molecule has 1 aliphatic rings. The van der Waals surface area contributed by atoms with Gasteiger partial charge in [-0.25, -0.2) is 4.72 Å². The van der Waals surface area contributed by atoms with Crippen LogP contribution in [0.5, 0.6) is 0 Å². The first-order chi connectivity index (χ1) is 4.97. The molecule has 0 aromatic carbocycles. The van der Waals surface area contributed by atoms with Crippen molar-refractivity contribution in [2.75, 3.05) is 26.4 Å². The van der Waals surface area contributed by atoms with Gasteiger partial charge < -0.3 is 4.90 Å². The highest BCUT2D eigenvalue weighted by Gasteiger charge is 2.21. The Hall–Kier alpha value is 0.190. The second-order valence-corrected chi connectivity index (χ2v) is 5.10. The fourth-order valence-corrected chi connectivity index (χ4v) is 2.17. The predicted molar refractivity (Wildman–Crippen MR) is 47.8 cm³/mol. The molecular formula is C6H16N2O2S. The van der Waals surface area contributed by atoms with Crippen molar-refractivity contribution in [3.63, 3.8) is 0 Å². The van der Waals surface area contributed by atoms with Gasteiger partial charge in [-0.15, -0.1) is 10.8 Å². The molecular weight excluding hydrogens is 164 g/mol. The monoisotopic (exact) mass is 180 g/mol. The number of likely N-dealkylation sites (tertiary alicyclic amines) is 1. The first kappa shape index (κ1) is 9.28. The van der Waals surface area contributed by atoms with Crippen molar-refractivity contribution in [3.05, 3.63) is 0 Å². The van der Waals surface area contributed by atoms with Crippen LogP contribution in [0.4, 0.5) is 0 Å². The maximum Gasteiger partial charge on any atom is 0.0416 e. The molecule has 0 amide bonds. The molecule has 1 unspecified atom stereocenters. The Labute approximate surface area is 69.1 Å². The summed E-state index contributed by atoms with van der Waals surface area (Å²) < 4.78 is 20.9. The van der Waals surface area contributed by atoms with E-state index in [-0.39, 0.29) is 6.04 Å². The van der Waals surface area contributed by atoms with Crippen molar-refractivity contribution >= 4 is 10.8 Å². The van der Waals surface area contributed by atoms with Crippen LogP contribution in [-0.2, 0) is 0 Å². The number of nitrogens with one attached hydrogen (secondary N) is 1. The predicted octanol–water partition coefficient (Wildman–Crippen LogP) is 0.576. The Morgan fingerprint density at radius 3 is 2.55 bits per heavy atom. The lowest BCUT2D eigenvalue weighted by atomic mass is 10.3. The van der Waals surface area contributed by atoms with Gasteiger partial charge in [0.1, 0.15) is 0 Å². The molecule has 4 nitrogen and oxygen atoms in total. The highest BCUT2D eigenvalue weighted by molar-refractivity contribution is 8.22. The second-order valence-electron chi connectivity index (χ2n) is 3.20. The van der Waals surface area contributed by atoms with Crippen molar-refractivity contribution in [1.29, 1.82) is 0 Å². The van der Waals surface area contributed by atoms with E-state index in [1.807, 2.05) is 7.05 Å². The van der Waals surface area contributed by atoms with E-state index in [0.717, 1.165) is 19.5 Å². The van der Waals surface area contributed by atoms with Crippen molar-refractivity contribution < 1.29 is 9.11 Å². The Kier molecular flexibility index (Phi) is 2.77. The molecule has 3 N–H and O–H groups in total. The van der Waals surface area contributed by atoms with Gasteiger partial charge in [0.05, 0.1) is 0 Å². The average molecular weight is 180 g/mol. The van der Waals surface area contributed by atoms with Gasteiger partial charge in [-0.3, -0.25) is 9.11 Å². The van der Waals surface area contributed by atoms with Gasteiger partial charge in [-0.1, -0.05) is 0 Å². The highest BCUT2D eigenvalue weighted by atomic mass is 32.3. The minimum Gasteiger partial charge on any atom is -0.305 e. The third kappa shape index (κ3) is 3.39. The van der Waals surface area contributed by atoms with Gasteiger partial charge >= 0.3 is 0 Å².